The van der Waals surface area contributed by atoms with Crippen LogP contribution in [0.15, 0.2) is 87.8 Å². The molecule has 0 saturated heterocycles. The molecule has 0 saturated carbocycles. The second kappa shape index (κ2) is 12.3. The Morgan fingerprint density at radius 1 is 0.724 bits per heavy atom. The van der Waals surface area contributed by atoms with Gasteiger partial charge in [-0.15, -0.1) is 0 Å². The van der Waals surface area contributed by atoms with Crippen molar-refractivity contribution in [2.24, 2.45) is 5.73 Å². The fraction of sp³-hybridized carbons (Fsp3) is 0.130. The number of para-hydroxylation sites is 1. The van der Waals surface area contributed by atoms with Crippen LogP contribution >= 0.6 is 31.9 Å². The van der Waals surface area contributed by atoms with E-state index in [0.29, 0.717) is 12.2 Å². The Bertz CT molecular complexity index is 911. The Kier molecular flexibility index (Phi) is 9.77. The fourth-order valence-corrected chi connectivity index (χ4v) is 2.86. The number of benzene rings is 3. The third-order valence-electron chi connectivity index (χ3n) is 3.78. The number of hydrogen-bond donors (Lipinski definition) is 1. The number of carbonyl (C=O) groups excluding carboxylic acids is 2. The number of nitrogens with two attached hydrogens (primary N) is 1. The summed E-state index contributed by atoms with van der Waals surface area (Å²) in [7, 11) is 0. The van der Waals surface area contributed by atoms with E-state index in [2.05, 4.69) is 31.9 Å². The number of ether oxygens (including phenoxy) is 1. The zero-order chi connectivity index (χ0) is 21.1. The molecule has 2 N–H and O–H groups in total. The van der Waals surface area contributed by atoms with Crippen molar-refractivity contribution in [3.63, 3.8) is 0 Å². The molecule has 0 atom stereocenters. The van der Waals surface area contributed by atoms with Gasteiger partial charge in [-0.25, -0.2) is 0 Å². The van der Waals surface area contributed by atoms with Crippen LogP contribution in [0.5, 0.6) is 5.75 Å². The molecule has 0 fully saturated rings. The minimum Gasteiger partial charge on any atom is -0.426 e. The van der Waals surface area contributed by atoms with Gasteiger partial charge in [-0.3, -0.25) is 9.59 Å². The Labute approximate surface area is 187 Å². The van der Waals surface area contributed by atoms with Crippen molar-refractivity contribution >= 4 is 43.6 Å². The van der Waals surface area contributed by atoms with Gasteiger partial charge in [0.05, 0.1) is 13.0 Å². The van der Waals surface area contributed by atoms with E-state index in [9.17, 15) is 9.59 Å². The molecule has 0 heterocycles. The second-order valence-corrected chi connectivity index (χ2v) is 7.97. The number of hydrogen-bond acceptors (Lipinski definition) is 4. The number of halogens is 2. The molecule has 6 heteroatoms. The summed E-state index contributed by atoms with van der Waals surface area (Å²) in [4.78, 5) is 22.6. The van der Waals surface area contributed by atoms with E-state index in [1.807, 2.05) is 66.7 Å². The summed E-state index contributed by atoms with van der Waals surface area (Å²) >= 11 is 6.67. The van der Waals surface area contributed by atoms with Gasteiger partial charge < -0.3 is 10.5 Å². The van der Waals surface area contributed by atoms with E-state index in [4.69, 9.17) is 10.5 Å². The summed E-state index contributed by atoms with van der Waals surface area (Å²) in [6.07, 6.45) is 0.714. The Hall–Kier alpha value is -2.28. The molecule has 150 valence electrons. The highest BCUT2D eigenvalue weighted by Gasteiger charge is 2.05. The Morgan fingerprint density at radius 3 is 1.69 bits per heavy atom. The Morgan fingerprint density at radius 2 is 1.21 bits per heavy atom. The van der Waals surface area contributed by atoms with Gasteiger partial charge in [0.1, 0.15) is 5.75 Å². The van der Waals surface area contributed by atoms with E-state index in [1.54, 1.807) is 12.1 Å². The number of rotatable bonds is 6. The molecule has 3 rings (SSSR count). The Balaban J connectivity index is 0.000000221. The normalized spacial score (nSPS) is 9.90. The zero-order valence-electron chi connectivity index (χ0n) is 15.7. The minimum absolute atomic E-state index is 0.0670. The molecule has 0 unspecified atom stereocenters. The smallest absolute Gasteiger partial charge is 0.315 e. The van der Waals surface area contributed by atoms with E-state index >= 15 is 0 Å². The van der Waals surface area contributed by atoms with Crippen molar-refractivity contribution in [1.82, 2.24) is 0 Å². The van der Waals surface area contributed by atoms with Crippen molar-refractivity contribution in [1.29, 1.82) is 0 Å². The van der Waals surface area contributed by atoms with Crippen molar-refractivity contribution in [2.75, 3.05) is 6.54 Å². The highest BCUT2D eigenvalue weighted by Crippen LogP contribution is 2.13. The number of esters is 1. The molecular formula is C23H21Br2NO3. The standard InChI is InChI=1S/C14H11BrO2.C9H10BrNO/c15-12-8-6-11(7-9-12)10-14(16)17-13-4-2-1-3-5-13;10-8-3-1-7(2-4-8)5-9(12)6-11/h1-9H,10H2;1-4H,5-6,11H2. The van der Waals surface area contributed by atoms with Crippen molar-refractivity contribution in [3.05, 3.63) is 98.9 Å². The maximum Gasteiger partial charge on any atom is 0.315 e. The van der Waals surface area contributed by atoms with Crippen LogP contribution in [0.3, 0.4) is 0 Å². The van der Waals surface area contributed by atoms with Crippen LogP contribution in [0.1, 0.15) is 11.1 Å². The van der Waals surface area contributed by atoms with Crippen molar-refractivity contribution in [3.8, 4) is 5.75 Å². The van der Waals surface area contributed by atoms with Gasteiger partial charge in [-0.1, -0.05) is 74.3 Å². The lowest BCUT2D eigenvalue weighted by Gasteiger charge is -2.04. The predicted molar refractivity (Wildman–Crippen MR) is 122 cm³/mol. The molecular weight excluding hydrogens is 498 g/mol. The third-order valence-corrected chi connectivity index (χ3v) is 4.84. The highest BCUT2D eigenvalue weighted by atomic mass is 79.9. The van der Waals surface area contributed by atoms with Gasteiger partial charge in [-0.2, -0.15) is 0 Å². The lowest BCUT2D eigenvalue weighted by Crippen LogP contribution is -2.15. The molecule has 29 heavy (non-hydrogen) atoms. The van der Waals surface area contributed by atoms with E-state index in [0.717, 1.165) is 20.1 Å². The van der Waals surface area contributed by atoms with Crippen LogP contribution in [0.2, 0.25) is 0 Å². The summed E-state index contributed by atoms with van der Waals surface area (Å²) < 4.78 is 7.22. The molecule has 4 nitrogen and oxygen atoms in total. The van der Waals surface area contributed by atoms with Gasteiger partial charge in [-0.05, 0) is 47.5 Å². The van der Waals surface area contributed by atoms with E-state index < -0.39 is 0 Å². The van der Waals surface area contributed by atoms with Gasteiger partial charge >= 0.3 is 5.97 Å². The van der Waals surface area contributed by atoms with Crippen molar-refractivity contribution in [2.45, 2.75) is 12.8 Å². The maximum atomic E-state index is 11.6. The quantitative estimate of drug-likeness (QED) is 0.363. The van der Waals surface area contributed by atoms with Crippen LogP contribution in [0, 0.1) is 0 Å². The van der Waals surface area contributed by atoms with Crippen LogP contribution in [0.25, 0.3) is 0 Å². The summed E-state index contributed by atoms with van der Waals surface area (Å²) in [6.45, 7) is 0.121. The average molecular weight is 519 g/mol. The number of ketones is 1. The van der Waals surface area contributed by atoms with Crippen LogP contribution in [0.4, 0.5) is 0 Å². The first-order valence-electron chi connectivity index (χ1n) is 8.92. The molecule has 0 radical (unpaired) electrons. The van der Waals surface area contributed by atoms with Crippen LogP contribution < -0.4 is 10.5 Å². The summed E-state index contributed by atoms with van der Waals surface area (Å²) in [5, 5.41) is 0. The largest absolute Gasteiger partial charge is 0.426 e. The number of Topliss-reactive ketones (excluding diaryl/α,β-unsaturated/α-hetero) is 1. The van der Waals surface area contributed by atoms with Crippen LogP contribution in [-0.4, -0.2) is 18.3 Å². The monoisotopic (exact) mass is 517 g/mol. The summed E-state index contributed by atoms with van der Waals surface area (Å²) in [5.41, 5.74) is 7.14. The molecule has 3 aromatic carbocycles. The lowest BCUT2D eigenvalue weighted by atomic mass is 10.1. The van der Waals surface area contributed by atoms with Gasteiger partial charge in [0.15, 0.2) is 5.78 Å². The second-order valence-electron chi connectivity index (χ2n) is 6.14. The molecule has 0 aromatic heterocycles. The summed E-state index contributed by atoms with van der Waals surface area (Å²) in [6, 6.07) is 24.4. The van der Waals surface area contributed by atoms with Crippen LogP contribution in [-0.2, 0) is 22.4 Å². The number of carbonyl (C=O) groups is 2. The molecule has 0 spiro atoms. The lowest BCUT2D eigenvalue weighted by molar-refractivity contribution is -0.133. The fourth-order valence-electron chi connectivity index (χ4n) is 2.33. The molecule has 3 aromatic rings. The minimum atomic E-state index is -0.251. The molecule has 0 bridgehead atoms. The van der Waals surface area contributed by atoms with E-state index in [1.165, 1.54) is 0 Å². The molecule has 0 amide bonds. The maximum absolute atomic E-state index is 11.6. The first kappa shape index (κ1) is 23.0. The molecule has 0 aliphatic rings. The topological polar surface area (TPSA) is 69.4 Å². The third kappa shape index (κ3) is 9.17. The van der Waals surface area contributed by atoms with Crippen molar-refractivity contribution < 1.29 is 14.3 Å². The van der Waals surface area contributed by atoms with Gasteiger partial charge in [0.25, 0.3) is 0 Å². The molecule has 0 aliphatic heterocycles. The SMILES string of the molecule is NCC(=O)Cc1ccc(Br)cc1.O=C(Cc1ccc(Br)cc1)Oc1ccccc1. The predicted octanol–water partition coefficient (Wildman–Crippen LogP) is 5.12. The summed E-state index contributed by atoms with van der Waals surface area (Å²) in [5.74, 6) is 0.394. The van der Waals surface area contributed by atoms with Gasteiger partial charge in [0, 0.05) is 15.4 Å². The van der Waals surface area contributed by atoms with E-state index in [-0.39, 0.29) is 24.7 Å². The molecule has 0 aliphatic carbocycles. The first-order valence-corrected chi connectivity index (χ1v) is 10.5. The first-order chi connectivity index (χ1) is 14.0. The zero-order valence-corrected chi connectivity index (χ0v) is 18.9. The average Bonchev–Trinajstić information content (AvgIpc) is 2.72. The van der Waals surface area contributed by atoms with Gasteiger partial charge in [0.2, 0.25) is 0 Å². The highest BCUT2D eigenvalue weighted by molar-refractivity contribution is 9.10.